The van der Waals surface area contributed by atoms with E-state index in [1.165, 1.54) is 14.0 Å². The molecule has 0 fully saturated rings. The lowest BCUT2D eigenvalue weighted by molar-refractivity contribution is -0.0700. The Morgan fingerprint density at radius 1 is 1.32 bits per heavy atom. The summed E-state index contributed by atoms with van der Waals surface area (Å²) in [5.74, 6) is -1.07. The standard InChI is InChI=1S/C11H20F3N3O2/c1-7(16-9(18)19-10(2,3)4)17(6)8(15-5)11(12,13)14/h7H,1-6H3,(H,16,18)/b15-8-. The normalized spacial score (nSPS) is 14.9. The minimum absolute atomic E-state index is 0.714. The van der Waals surface area contributed by atoms with Gasteiger partial charge in [0.25, 0.3) is 0 Å². The summed E-state index contributed by atoms with van der Waals surface area (Å²) >= 11 is 0. The van der Waals surface area contributed by atoms with Crippen molar-refractivity contribution in [3.63, 3.8) is 0 Å². The van der Waals surface area contributed by atoms with Crippen LogP contribution in [0, 0.1) is 0 Å². The van der Waals surface area contributed by atoms with Crippen LogP contribution in [-0.4, -0.2) is 48.9 Å². The number of rotatable bonds is 2. The second-order valence-electron chi connectivity index (χ2n) is 4.98. The first-order chi connectivity index (χ1) is 8.38. The van der Waals surface area contributed by atoms with Crippen LogP contribution in [0.3, 0.4) is 0 Å². The van der Waals surface area contributed by atoms with Crippen molar-refractivity contribution in [1.29, 1.82) is 0 Å². The molecule has 0 aliphatic rings. The van der Waals surface area contributed by atoms with E-state index in [0.29, 0.717) is 0 Å². The molecule has 5 nitrogen and oxygen atoms in total. The van der Waals surface area contributed by atoms with Gasteiger partial charge in [-0.05, 0) is 27.7 Å². The molecule has 1 amide bonds. The summed E-state index contributed by atoms with van der Waals surface area (Å²) in [5.41, 5.74) is -0.714. The summed E-state index contributed by atoms with van der Waals surface area (Å²) in [4.78, 5) is 15.5. The van der Waals surface area contributed by atoms with Crippen molar-refractivity contribution in [3.8, 4) is 0 Å². The van der Waals surface area contributed by atoms with Gasteiger partial charge in [-0.25, -0.2) is 4.79 Å². The Labute approximate surface area is 110 Å². The maximum atomic E-state index is 12.6. The van der Waals surface area contributed by atoms with Crippen molar-refractivity contribution in [2.24, 2.45) is 4.99 Å². The van der Waals surface area contributed by atoms with Crippen LogP contribution in [0.4, 0.5) is 18.0 Å². The molecule has 1 unspecified atom stereocenters. The highest BCUT2D eigenvalue weighted by molar-refractivity contribution is 5.87. The largest absolute Gasteiger partial charge is 0.449 e. The monoisotopic (exact) mass is 283 g/mol. The maximum absolute atomic E-state index is 12.6. The molecule has 0 saturated heterocycles. The summed E-state index contributed by atoms with van der Waals surface area (Å²) in [6, 6.07) is 0. The maximum Gasteiger partial charge on any atom is 0.449 e. The molecule has 1 atom stereocenters. The molecule has 112 valence electrons. The van der Waals surface area contributed by atoms with Gasteiger partial charge < -0.3 is 15.0 Å². The Kier molecular flexibility index (Phi) is 5.64. The van der Waals surface area contributed by atoms with Gasteiger partial charge in [0.2, 0.25) is 5.84 Å². The van der Waals surface area contributed by atoms with Crippen molar-refractivity contribution in [2.45, 2.75) is 45.6 Å². The number of alkyl carbamates (subject to hydrolysis) is 1. The summed E-state index contributed by atoms with van der Waals surface area (Å²) in [7, 11) is 2.23. The number of alkyl halides is 3. The fraction of sp³-hybridized carbons (Fsp3) is 0.818. The Hall–Kier alpha value is -1.47. The van der Waals surface area contributed by atoms with Crippen LogP contribution in [0.1, 0.15) is 27.7 Å². The molecule has 0 saturated carbocycles. The van der Waals surface area contributed by atoms with E-state index in [2.05, 4.69) is 10.3 Å². The number of ether oxygens (including phenoxy) is 1. The summed E-state index contributed by atoms with van der Waals surface area (Å²) in [6.45, 7) is 6.39. The lowest BCUT2D eigenvalue weighted by Crippen LogP contribution is -2.52. The van der Waals surface area contributed by atoms with Crippen molar-refractivity contribution in [1.82, 2.24) is 10.2 Å². The molecule has 0 aromatic heterocycles. The molecule has 0 aromatic rings. The first-order valence-corrected chi connectivity index (χ1v) is 5.65. The molecular formula is C11H20F3N3O2. The predicted molar refractivity (Wildman–Crippen MR) is 66.0 cm³/mol. The fourth-order valence-corrected chi connectivity index (χ4v) is 1.24. The number of hydrogen-bond donors (Lipinski definition) is 1. The highest BCUT2D eigenvalue weighted by atomic mass is 19.4. The third-order valence-corrected chi connectivity index (χ3v) is 2.11. The number of carbonyl (C=O) groups excluding carboxylic acids is 1. The molecular weight excluding hydrogens is 263 g/mol. The summed E-state index contributed by atoms with van der Waals surface area (Å²) < 4.78 is 42.8. The molecule has 1 N–H and O–H groups in total. The highest BCUT2D eigenvalue weighted by Gasteiger charge is 2.39. The predicted octanol–water partition coefficient (Wildman–Crippen LogP) is 2.38. The Morgan fingerprint density at radius 3 is 2.11 bits per heavy atom. The van der Waals surface area contributed by atoms with Crippen LogP contribution in [0.25, 0.3) is 0 Å². The van der Waals surface area contributed by atoms with Gasteiger partial charge in [0.05, 0.1) is 0 Å². The van der Waals surface area contributed by atoms with E-state index in [1.807, 2.05) is 0 Å². The first-order valence-electron chi connectivity index (χ1n) is 5.65. The summed E-state index contributed by atoms with van der Waals surface area (Å²) in [5, 5.41) is 2.31. The number of carbonyl (C=O) groups is 1. The van der Waals surface area contributed by atoms with Gasteiger partial charge >= 0.3 is 12.3 Å². The molecule has 0 aromatic carbocycles. The van der Waals surface area contributed by atoms with Gasteiger partial charge in [-0.1, -0.05) is 0 Å². The van der Waals surface area contributed by atoms with Gasteiger partial charge in [-0.2, -0.15) is 13.2 Å². The first kappa shape index (κ1) is 17.5. The Bertz CT molecular complexity index is 348. The Balaban J connectivity index is 4.67. The van der Waals surface area contributed by atoms with Gasteiger partial charge in [0.1, 0.15) is 11.8 Å². The average Bonchev–Trinajstić information content (AvgIpc) is 2.12. The molecule has 0 rings (SSSR count). The number of amidine groups is 1. The van der Waals surface area contributed by atoms with Crippen molar-refractivity contribution in [3.05, 3.63) is 0 Å². The third-order valence-electron chi connectivity index (χ3n) is 2.11. The molecule has 0 radical (unpaired) electrons. The fourth-order valence-electron chi connectivity index (χ4n) is 1.24. The van der Waals surface area contributed by atoms with Gasteiger partial charge in [0.15, 0.2) is 0 Å². The number of nitrogens with one attached hydrogen (secondary N) is 1. The Morgan fingerprint density at radius 2 is 1.79 bits per heavy atom. The number of amides is 1. The minimum Gasteiger partial charge on any atom is -0.444 e. The van der Waals surface area contributed by atoms with Crippen molar-refractivity contribution in [2.75, 3.05) is 14.1 Å². The zero-order valence-electron chi connectivity index (χ0n) is 11.9. The van der Waals surface area contributed by atoms with Gasteiger partial charge in [-0.3, -0.25) is 4.99 Å². The molecule has 0 spiro atoms. The van der Waals surface area contributed by atoms with E-state index in [1.54, 1.807) is 20.8 Å². The van der Waals surface area contributed by atoms with E-state index in [-0.39, 0.29) is 0 Å². The zero-order valence-corrected chi connectivity index (χ0v) is 11.9. The second-order valence-corrected chi connectivity index (χ2v) is 4.98. The lowest BCUT2D eigenvalue weighted by Gasteiger charge is -2.30. The van der Waals surface area contributed by atoms with Gasteiger partial charge in [0, 0.05) is 14.1 Å². The highest BCUT2D eigenvalue weighted by Crippen LogP contribution is 2.20. The van der Waals surface area contributed by atoms with Crippen LogP contribution < -0.4 is 5.32 Å². The third kappa shape index (κ3) is 6.30. The molecule has 19 heavy (non-hydrogen) atoms. The van der Waals surface area contributed by atoms with E-state index in [9.17, 15) is 18.0 Å². The number of hydrogen-bond acceptors (Lipinski definition) is 3. The molecule has 0 aliphatic carbocycles. The molecule has 0 aliphatic heterocycles. The lowest BCUT2D eigenvalue weighted by atomic mass is 10.2. The quantitative estimate of drug-likeness (QED) is 0.481. The SMILES string of the molecule is C/N=C(\N(C)C(C)NC(=O)OC(C)(C)C)C(F)(F)F. The van der Waals surface area contributed by atoms with E-state index < -0.39 is 29.9 Å². The van der Waals surface area contributed by atoms with Crippen LogP contribution in [0.15, 0.2) is 4.99 Å². The van der Waals surface area contributed by atoms with E-state index >= 15 is 0 Å². The average molecular weight is 283 g/mol. The zero-order chi connectivity index (χ0) is 15.4. The van der Waals surface area contributed by atoms with Crippen LogP contribution in [0.2, 0.25) is 0 Å². The van der Waals surface area contributed by atoms with E-state index in [4.69, 9.17) is 4.74 Å². The number of nitrogens with zero attached hydrogens (tertiary/aromatic N) is 2. The smallest absolute Gasteiger partial charge is 0.444 e. The second kappa shape index (κ2) is 6.12. The minimum atomic E-state index is -4.58. The van der Waals surface area contributed by atoms with Crippen molar-refractivity contribution < 1.29 is 22.7 Å². The van der Waals surface area contributed by atoms with E-state index in [0.717, 1.165) is 11.9 Å². The van der Waals surface area contributed by atoms with Gasteiger partial charge in [-0.15, -0.1) is 0 Å². The molecule has 0 bridgehead atoms. The molecule has 8 heteroatoms. The number of aliphatic imine (C=N–C) groups is 1. The van der Waals surface area contributed by atoms with Crippen LogP contribution in [0.5, 0.6) is 0 Å². The topological polar surface area (TPSA) is 53.9 Å². The van der Waals surface area contributed by atoms with Crippen molar-refractivity contribution >= 4 is 11.9 Å². The molecule has 0 heterocycles. The summed E-state index contributed by atoms with van der Waals surface area (Å²) in [6.07, 6.45) is -6.27. The van der Waals surface area contributed by atoms with Crippen LogP contribution >= 0.6 is 0 Å². The van der Waals surface area contributed by atoms with Crippen LogP contribution in [-0.2, 0) is 4.74 Å². The number of halogens is 3.